The van der Waals surface area contributed by atoms with E-state index in [2.05, 4.69) is 5.32 Å². The van der Waals surface area contributed by atoms with Crippen LogP contribution in [0.3, 0.4) is 0 Å². The second-order valence-corrected chi connectivity index (χ2v) is 4.99. The number of nitrogens with zero attached hydrogens (tertiary/aromatic N) is 1. The third-order valence-corrected chi connectivity index (χ3v) is 3.75. The van der Waals surface area contributed by atoms with Crippen LogP contribution in [-0.4, -0.2) is 23.2 Å². The fourth-order valence-electron chi connectivity index (χ4n) is 2.81. The van der Waals surface area contributed by atoms with Gasteiger partial charge in [0.1, 0.15) is 6.61 Å². The second kappa shape index (κ2) is 4.98. The quantitative estimate of drug-likeness (QED) is 0.890. The third-order valence-electron chi connectivity index (χ3n) is 3.75. The molecule has 0 aromatic heterocycles. The maximum absolute atomic E-state index is 11.9. The molecular formula is C14H18N2O2. The number of hydrogen-bond acceptors (Lipinski definition) is 2. The molecule has 0 radical (unpaired) electrons. The van der Waals surface area contributed by atoms with Crippen LogP contribution in [-0.2, 0) is 11.4 Å². The van der Waals surface area contributed by atoms with Gasteiger partial charge in [0.05, 0.1) is 12.1 Å². The molecule has 1 aromatic rings. The molecule has 1 heterocycles. The molecule has 0 unspecified atom stereocenters. The average molecular weight is 246 g/mol. The van der Waals surface area contributed by atoms with Crippen molar-refractivity contribution < 1.29 is 9.63 Å². The molecule has 96 valence electrons. The Labute approximate surface area is 107 Å². The summed E-state index contributed by atoms with van der Waals surface area (Å²) in [4.78, 5) is 17.5. The van der Waals surface area contributed by atoms with Gasteiger partial charge in [-0.15, -0.1) is 0 Å². The highest BCUT2D eigenvalue weighted by atomic mass is 16.7. The van der Waals surface area contributed by atoms with Gasteiger partial charge in [-0.2, -0.15) is 5.06 Å². The van der Waals surface area contributed by atoms with Crippen LogP contribution in [0.2, 0.25) is 0 Å². The lowest BCUT2D eigenvalue weighted by Gasteiger charge is -2.28. The number of carbonyl (C=O) groups excluding carboxylic acids is 1. The first-order valence-electron chi connectivity index (χ1n) is 6.61. The van der Waals surface area contributed by atoms with Gasteiger partial charge < -0.3 is 5.32 Å². The monoisotopic (exact) mass is 246 g/mol. The molecule has 1 saturated carbocycles. The van der Waals surface area contributed by atoms with Crippen molar-refractivity contribution in [2.75, 3.05) is 0 Å². The normalized spacial score (nSPS) is 26.9. The van der Waals surface area contributed by atoms with Crippen molar-refractivity contribution in [3.8, 4) is 0 Å². The molecule has 0 bridgehead atoms. The Hall–Kier alpha value is -1.55. The predicted octanol–water partition coefficient (Wildman–Crippen LogP) is 2.45. The van der Waals surface area contributed by atoms with Crippen LogP contribution in [0.1, 0.15) is 31.2 Å². The second-order valence-electron chi connectivity index (χ2n) is 4.99. The summed E-state index contributed by atoms with van der Waals surface area (Å²) >= 11 is 0. The Balaban J connectivity index is 1.63. The molecule has 0 spiro atoms. The molecule has 2 fully saturated rings. The van der Waals surface area contributed by atoms with Crippen molar-refractivity contribution >= 4 is 6.03 Å². The molecule has 2 atom stereocenters. The van der Waals surface area contributed by atoms with E-state index in [1.54, 1.807) is 5.06 Å². The van der Waals surface area contributed by atoms with Gasteiger partial charge in [-0.3, -0.25) is 4.84 Å². The Morgan fingerprint density at radius 3 is 2.83 bits per heavy atom. The zero-order chi connectivity index (χ0) is 12.4. The number of carbonyl (C=O) groups is 1. The first-order chi connectivity index (χ1) is 8.84. The van der Waals surface area contributed by atoms with E-state index in [4.69, 9.17) is 4.84 Å². The lowest BCUT2D eigenvalue weighted by molar-refractivity contribution is -0.147. The van der Waals surface area contributed by atoms with Gasteiger partial charge in [0, 0.05) is 0 Å². The van der Waals surface area contributed by atoms with Crippen LogP contribution < -0.4 is 5.32 Å². The van der Waals surface area contributed by atoms with Crippen LogP contribution in [0.25, 0.3) is 0 Å². The Morgan fingerprint density at radius 1 is 1.22 bits per heavy atom. The highest BCUT2D eigenvalue weighted by Crippen LogP contribution is 2.28. The van der Waals surface area contributed by atoms with Crippen molar-refractivity contribution in [2.45, 2.75) is 44.4 Å². The fourth-order valence-corrected chi connectivity index (χ4v) is 2.81. The third kappa shape index (κ3) is 2.20. The average Bonchev–Trinajstić information content (AvgIpc) is 2.73. The lowest BCUT2D eigenvalue weighted by Crippen LogP contribution is -2.38. The number of fused-ring (bicyclic) bond motifs is 1. The number of rotatable bonds is 3. The number of nitrogens with one attached hydrogen (secondary N) is 1. The smallest absolute Gasteiger partial charge is 0.331 e. The van der Waals surface area contributed by atoms with Crippen molar-refractivity contribution in [3.63, 3.8) is 0 Å². The fraction of sp³-hybridized carbons (Fsp3) is 0.500. The zero-order valence-electron chi connectivity index (χ0n) is 10.3. The lowest BCUT2D eigenvalue weighted by atomic mass is 9.92. The van der Waals surface area contributed by atoms with E-state index in [1.165, 1.54) is 12.8 Å². The van der Waals surface area contributed by atoms with E-state index >= 15 is 0 Å². The summed E-state index contributed by atoms with van der Waals surface area (Å²) in [6.45, 7) is 0.456. The number of hydroxylamine groups is 2. The standard InChI is InChI=1S/C14H18N2O2/c17-14-15-12-8-4-5-9-13(12)16(14)18-10-11-6-2-1-3-7-11/h1-3,6-7,12-13H,4-5,8-10H2,(H,15,17)/t12-,13-/m1/s1. The summed E-state index contributed by atoms with van der Waals surface area (Å²) < 4.78 is 0. The van der Waals surface area contributed by atoms with E-state index in [9.17, 15) is 4.79 Å². The summed E-state index contributed by atoms with van der Waals surface area (Å²) in [5.74, 6) is 0. The maximum atomic E-state index is 11.9. The van der Waals surface area contributed by atoms with E-state index in [1.807, 2.05) is 30.3 Å². The predicted molar refractivity (Wildman–Crippen MR) is 67.6 cm³/mol. The largest absolute Gasteiger partial charge is 0.341 e. The van der Waals surface area contributed by atoms with Crippen LogP contribution in [0.5, 0.6) is 0 Å². The molecule has 4 nitrogen and oxygen atoms in total. The minimum absolute atomic E-state index is 0.0807. The maximum Gasteiger partial charge on any atom is 0.341 e. The molecule has 2 aliphatic rings. The van der Waals surface area contributed by atoms with Crippen molar-refractivity contribution in [1.82, 2.24) is 10.4 Å². The van der Waals surface area contributed by atoms with Gasteiger partial charge in [-0.1, -0.05) is 43.2 Å². The number of amides is 2. The van der Waals surface area contributed by atoms with E-state index in [0.29, 0.717) is 6.61 Å². The van der Waals surface area contributed by atoms with Crippen molar-refractivity contribution in [3.05, 3.63) is 35.9 Å². The Kier molecular flexibility index (Phi) is 3.19. The zero-order valence-corrected chi connectivity index (χ0v) is 10.3. The summed E-state index contributed by atoms with van der Waals surface area (Å²) in [5, 5.41) is 4.56. The van der Waals surface area contributed by atoms with E-state index < -0.39 is 0 Å². The Morgan fingerprint density at radius 2 is 2.00 bits per heavy atom. The van der Waals surface area contributed by atoms with Crippen LogP contribution in [0.4, 0.5) is 4.79 Å². The molecular weight excluding hydrogens is 228 g/mol. The summed E-state index contributed by atoms with van der Waals surface area (Å²) in [5.41, 5.74) is 1.09. The van der Waals surface area contributed by atoms with Crippen molar-refractivity contribution in [2.24, 2.45) is 0 Å². The first-order valence-corrected chi connectivity index (χ1v) is 6.61. The molecule has 1 N–H and O–H groups in total. The molecule has 2 amide bonds. The molecule has 1 aromatic carbocycles. The van der Waals surface area contributed by atoms with Crippen LogP contribution >= 0.6 is 0 Å². The van der Waals surface area contributed by atoms with Gasteiger partial charge in [-0.25, -0.2) is 4.79 Å². The van der Waals surface area contributed by atoms with Gasteiger partial charge in [0.15, 0.2) is 0 Å². The van der Waals surface area contributed by atoms with Crippen molar-refractivity contribution in [1.29, 1.82) is 0 Å². The van der Waals surface area contributed by atoms with E-state index in [-0.39, 0.29) is 18.1 Å². The minimum atomic E-state index is -0.0807. The van der Waals surface area contributed by atoms with Crippen LogP contribution in [0, 0.1) is 0 Å². The van der Waals surface area contributed by atoms with E-state index in [0.717, 1.165) is 18.4 Å². The molecule has 4 heteroatoms. The van der Waals surface area contributed by atoms with Gasteiger partial charge in [0.2, 0.25) is 0 Å². The molecule has 1 saturated heterocycles. The molecule has 3 rings (SSSR count). The van der Waals surface area contributed by atoms with Gasteiger partial charge in [0.25, 0.3) is 0 Å². The van der Waals surface area contributed by atoms with Gasteiger partial charge >= 0.3 is 6.03 Å². The summed E-state index contributed by atoms with van der Waals surface area (Å²) in [6.07, 6.45) is 4.50. The van der Waals surface area contributed by atoms with Gasteiger partial charge in [-0.05, 0) is 18.4 Å². The van der Waals surface area contributed by atoms with Crippen LogP contribution in [0.15, 0.2) is 30.3 Å². The molecule has 1 aliphatic carbocycles. The SMILES string of the molecule is O=C1N[C@@H]2CCCC[C@H]2N1OCc1ccccc1. The number of benzene rings is 1. The Bertz CT molecular complexity index is 421. The minimum Gasteiger partial charge on any atom is -0.331 e. The molecule has 1 aliphatic heterocycles. The topological polar surface area (TPSA) is 41.6 Å². The highest BCUT2D eigenvalue weighted by Gasteiger charge is 2.41. The first kappa shape index (κ1) is 11.5. The molecule has 18 heavy (non-hydrogen) atoms. The number of urea groups is 1. The highest BCUT2D eigenvalue weighted by molar-refractivity contribution is 5.76. The summed E-state index contributed by atoms with van der Waals surface area (Å²) in [7, 11) is 0. The number of hydrogen-bond donors (Lipinski definition) is 1. The summed E-state index contributed by atoms with van der Waals surface area (Å²) in [6, 6.07) is 10.4.